The van der Waals surface area contributed by atoms with Crippen LogP contribution in [-0.4, -0.2) is 29.6 Å². The van der Waals surface area contributed by atoms with Crippen LogP contribution in [0.2, 0.25) is 5.02 Å². The number of nitrogens with zero attached hydrogens (tertiary/aromatic N) is 1. The van der Waals surface area contributed by atoms with Gasteiger partial charge in [0.1, 0.15) is 11.5 Å². The molecule has 192 valence electrons. The van der Waals surface area contributed by atoms with E-state index >= 15 is 0 Å². The molecular formula is C32H23ClN2O3S. The molecule has 3 aromatic carbocycles. The lowest BCUT2D eigenvalue weighted by atomic mass is 9.64. The highest BCUT2D eigenvalue weighted by molar-refractivity contribution is 7.12. The van der Waals surface area contributed by atoms with Crippen molar-refractivity contribution in [1.29, 1.82) is 0 Å². The number of para-hydroxylation sites is 1. The number of anilines is 2. The van der Waals surface area contributed by atoms with Crippen LogP contribution in [-0.2, 0) is 10.2 Å². The Kier molecular flexibility index (Phi) is 5.41. The molecule has 0 bridgehead atoms. The van der Waals surface area contributed by atoms with E-state index in [-0.39, 0.29) is 17.5 Å². The number of halogens is 1. The third-order valence-electron chi connectivity index (χ3n) is 8.23. The number of aryl methyl sites for hydroxylation is 1. The average Bonchev–Trinajstić information content (AvgIpc) is 3.65. The maximum absolute atomic E-state index is 14.5. The molecule has 1 saturated heterocycles. The minimum atomic E-state index is -1.30. The number of thiophene rings is 1. The summed E-state index contributed by atoms with van der Waals surface area (Å²) in [6, 6.07) is 22.4. The van der Waals surface area contributed by atoms with Crippen molar-refractivity contribution < 1.29 is 14.4 Å². The number of hydrogen-bond donors (Lipinski definition) is 1. The Hall–Kier alpha value is -4.00. The second-order valence-corrected chi connectivity index (χ2v) is 11.7. The van der Waals surface area contributed by atoms with Crippen molar-refractivity contribution in [2.24, 2.45) is 5.92 Å². The van der Waals surface area contributed by atoms with Crippen LogP contribution in [0.1, 0.15) is 36.7 Å². The second kappa shape index (κ2) is 8.76. The first kappa shape index (κ1) is 24.1. The molecule has 3 aliphatic rings. The number of carbonyl (C=O) groups is 3. The van der Waals surface area contributed by atoms with E-state index in [0.29, 0.717) is 21.2 Å². The highest BCUT2D eigenvalue weighted by atomic mass is 35.5. The summed E-state index contributed by atoms with van der Waals surface area (Å²) in [5.74, 6) is -1.66. The Labute approximate surface area is 234 Å². The van der Waals surface area contributed by atoms with Gasteiger partial charge < -0.3 is 10.2 Å². The van der Waals surface area contributed by atoms with Gasteiger partial charge in [0.2, 0.25) is 5.91 Å². The van der Waals surface area contributed by atoms with E-state index in [1.807, 2.05) is 71.8 Å². The van der Waals surface area contributed by atoms with Gasteiger partial charge in [0, 0.05) is 22.0 Å². The first-order valence-electron chi connectivity index (χ1n) is 12.8. The van der Waals surface area contributed by atoms with Gasteiger partial charge in [-0.25, -0.2) is 0 Å². The summed E-state index contributed by atoms with van der Waals surface area (Å²) in [5.41, 5.74) is 3.43. The summed E-state index contributed by atoms with van der Waals surface area (Å²) in [5, 5.41) is 5.42. The molecule has 5 nitrogen and oxygen atoms in total. The predicted octanol–water partition coefficient (Wildman–Crippen LogP) is 6.57. The fraction of sp³-hybridized carbons (Fsp3) is 0.156. The van der Waals surface area contributed by atoms with Gasteiger partial charge in [-0.1, -0.05) is 59.6 Å². The van der Waals surface area contributed by atoms with Gasteiger partial charge >= 0.3 is 0 Å². The zero-order valence-electron chi connectivity index (χ0n) is 20.9. The van der Waals surface area contributed by atoms with E-state index in [4.69, 9.17) is 11.6 Å². The average molecular weight is 551 g/mol. The number of Topliss-reactive ketones (excluding diaryl/α,β-unsaturated/α-hetero) is 2. The number of nitrogens with one attached hydrogen (secondary N) is 1. The van der Waals surface area contributed by atoms with E-state index < -0.39 is 23.4 Å². The molecule has 1 N–H and O–H groups in total. The molecule has 0 radical (unpaired) electrons. The summed E-state index contributed by atoms with van der Waals surface area (Å²) in [6.45, 7) is 2.02. The lowest BCUT2D eigenvalue weighted by Gasteiger charge is -2.37. The Morgan fingerprint density at radius 3 is 2.54 bits per heavy atom. The molecule has 1 aromatic heterocycles. The van der Waals surface area contributed by atoms with Crippen molar-refractivity contribution in [3.05, 3.63) is 122 Å². The fourth-order valence-electron chi connectivity index (χ4n) is 6.66. The molecule has 4 unspecified atom stereocenters. The maximum Gasteiger partial charge on any atom is 0.238 e. The normalized spacial score (nSPS) is 24.3. The zero-order chi connectivity index (χ0) is 26.9. The second-order valence-electron chi connectivity index (χ2n) is 10.3. The first-order valence-corrected chi connectivity index (χ1v) is 14.0. The smallest absolute Gasteiger partial charge is 0.238 e. The number of amides is 1. The van der Waals surface area contributed by atoms with Gasteiger partial charge in [0.05, 0.1) is 16.8 Å². The summed E-state index contributed by atoms with van der Waals surface area (Å²) < 4.78 is 0. The predicted molar refractivity (Wildman–Crippen MR) is 155 cm³/mol. The summed E-state index contributed by atoms with van der Waals surface area (Å²) in [6.07, 6.45) is 4.01. The zero-order valence-corrected chi connectivity index (χ0v) is 22.5. The van der Waals surface area contributed by atoms with Crippen molar-refractivity contribution in [3.8, 4) is 0 Å². The van der Waals surface area contributed by atoms with Gasteiger partial charge in [0.25, 0.3) is 0 Å². The largest absolute Gasteiger partial charge is 0.352 e. The van der Waals surface area contributed by atoms with Crippen LogP contribution in [0.3, 0.4) is 0 Å². The molecule has 4 aromatic rings. The third-order valence-corrected chi connectivity index (χ3v) is 9.37. The maximum atomic E-state index is 14.5. The number of rotatable bonds is 4. The van der Waals surface area contributed by atoms with E-state index in [9.17, 15) is 14.4 Å². The van der Waals surface area contributed by atoms with E-state index in [1.165, 1.54) is 11.3 Å². The summed E-state index contributed by atoms with van der Waals surface area (Å²) in [4.78, 5) is 45.9. The minimum absolute atomic E-state index is 0.208. The lowest BCUT2D eigenvalue weighted by molar-refractivity contribution is -0.121. The van der Waals surface area contributed by atoms with Crippen LogP contribution in [0.15, 0.2) is 90.3 Å². The minimum Gasteiger partial charge on any atom is -0.352 e. The third kappa shape index (κ3) is 3.35. The van der Waals surface area contributed by atoms with Gasteiger partial charge in [-0.3, -0.25) is 14.4 Å². The Bertz CT molecular complexity index is 1690. The summed E-state index contributed by atoms with van der Waals surface area (Å²) >= 11 is 7.48. The van der Waals surface area contributed by atoms with Crippen molar-refractivity contribution in [3.63, 3.8) is 0 Å². The van der Waals surface area contributed by atoms with Crippen molar-refractivity contribution in [2.75, 3.05) is 10.2 Å². The SMILES string of the molecule is Cc1ccc2c(c1)C=CC1N2C(C(=O)c2ccc(Cl)cc2)C(C(=O)c2cccs2)C12C(=O)Nc1ccccc12. The van der Waals surface area contributed by atoms with Crippen LogP contribution in [0.4, 0.5) is 11.4 Å². The van der Waals surface area contributed by atoms with E-state index in [0.717, 1.165) is 22.4 Å². The lowest BCUT2D eigenvalue weighted by Crippen LogP contribution is -2.51. The number of carbonyl (C=O) groups excluding carboxylic acids is 3. The Balaban J connectivity index is 1.54. The van der Waals surface area contributed by atoms with Crippen LogP contribution in [0.5, 0.6) is 0 Å². The number of benzene rings is 3. The molecule has 4 heterocycles. The first-order chi connectivity index (χ1) is 18.9. The standard InChI is InChI=1S/C32H23ClN2O3S/c1-18-8-14-24-20(17-18)11-15-26-32(22-5-2-3-6-23(22)34-31(32)38)27(30(37)25-7-4-16-39-25)28(35(24)26)29(36)19-9-12-21(33)13-10-19/h2-17,26-28H,1H3,(H,34,38). The van der Waals surface area contributed by atoms with Crippen molar-refractivity contribution in [2.45, 2.75) is 24.4 Å². The molecule has 7 heteroatoms. The topological polar surface area (TPSA) is 66.5 Å². The Morgan fingerprint density at radius 2 is 1.77 bits per heavy atom. The highest BCUT2D eigenvalue weighted by Gasteiger charge is 2.70. The molecule has 1 amide bonds. The van der Waals surface area contributed by atoms with Crippen LogP contribution < -0.4 is 10.2 Å². The van der Waals surface area contributed by atoms with E-state index in [2.05, 4.69) is 11.4 Å². The van der Waals surface area contributed by atoms with Crippen LogP contribution in [0.25, 0.3) is 6.08 Å². The monoisotopic (exact) mass is 550 g/mol. The number of hydrogen-bond acceptors (Lipinski definition) is 5. The molecule has 0 saturated carbocycles. The van der Waals surface area contributed by atoms with Gasteiger partial charge in [-0.05, 0) is 72.0 Å². The molecule has 1 spiro atoms. The van der Waals surface area contributed by atoms with Gasteiger partial charge in [-0.2, -0.15) is 0 Å². The number of ketones is 2. The van der Waals surface area contributed by atoms with Crippen molar-refractivity contribution >= 4 is 57.9 Å². The van der Waals surface area contributed by atoms with Gasteiger partial charge in [-0.15, -0.1) is 11.3 Å². The molecule has 4 atom stereocenters. The molecule has 0 aliphatic carbocycles. The number of fused-ring (bicyclic) bond motifs is 6. The summed E-state index contributed by atoms with van der Waals surface area (Å²) in [7, 11) is 0. The van der Waals surface area contributed by atoms with E-state index in [1.54, 1.807) is 30.3 Å². The molecule has 39 heavy (non-hydrogen) atoms. The molecule has 7 rings (SSSR count). The fourth-order valence-corrected chi connectivity index (χ4v) is 7.49. The quantitative estimate of drug-likeness (QED) is 0.292. The van der Waals surface area contributed by atoms with Crippen LogP contribution >= 0.6 is 22.9 Å². The molecular weight excluding hydrogens is 528 g/mol. The molecule has 1 fully saturated rings. The highest BCUT2D eigenvalue weighted by Crippen LogP contribution is 2.58. The van der Waals surface area contributed by atoms with Crippen molar-refractivity contribution in [1.82, 2.24) is 0 Å². The Morgan fingerprint density at radius 1 is 0.974 bits per heavy atom. The van der Waals surface area contributed by atoms with Gasteiger partial charge in [0.15, 0.2) is 11.6 Å². The molecule has 3 aliphatic heterocycles. The van der Waals surface area contributed by atoms with Crippen LogP contribution in [0, 0.1) is 12.8 Å².